The van der Waals surface area contributed by atoms with Crippen LogP contribution in [0.1, 0.15) is 0 Å². The van der Waals surface area contributed by atoms with Crippen LogP contribution >= 0.6 is 0 Å². The normalized spacial score (nSPS) is 10.5. The fourth-order valence-corrected chi connectivity index (χ4v) is 0.422. The molecule has 0 aliphatic rings. The van der Waals surface area contributed by atoms with E-state index >= 15 is 0 Å². The number of aliphatic imine (C=N–C) groups is 1. The van der Waals surface area contributed by atoms with Crippen molar-refractivity contribution in [2.45, 2.75) is 0 Å². The van der Waals surface area contributed by atoms with Gasteiger partial charge >= 0.3 is 58.3 Å². The minimum absolute atomic E-state index is 0.646. The summed E-state index contributed by atoms with van der Waals surface area (Å²) in [5, 5.41) is 0. The second-order valence-electron chi connectivity index (χ2n) is 0.912. The average Bonchev–Trinajstić information content (AvgIpc) is 1.81. The van der Waals surface area contributed by atoms with E-state index in [-0.39, 0.29) is 0 Å². The number of carbonyl (C=O) groups is 1. The van der Waals surface area contributed by atoms with Gasteiger partial charge in [0, 0.05) is 0 Å². The predicted molar refractivity (Wildman–Crippen MR) is 29.8 cm³/mol. The molecule has 0 fully saturated rings. The zero-order chi connectivity index (χ0) is 6.24. The van der Waals surface area contributed by atoms with Crippen LogP contribution in [-0.4, -0.2) is 16.9 Å². The molecule has 0 amide bonds. The van der Waals surface area contributed by atoms with E-state index in [4.69, 9.17) is 0 Å². The number of hydrogen-bond acceptors (Lipinski definition) is 2. The Morgan fingerprint density at radius 2 is 2.25 bits per heavy atom. The summed E-state index contributed by atoms with van der Waals surface area (Å²) in [6, 6.07) is 0. The van der Waals surface area contributed by atoms with Crippen LogP contribution in [0, 0.1) is 0 Å². The van der Waals surface area contributed by atoms with Gasteiger partial charge in [-0.1, -0.05) is 0 Å². The van der Waals surface area contributed by atoms with E-state index in [0.29, 0.717) is 6.29 Å². The zero-order valence-corrected chi connectivity index (χ0v) is 7.08. The van der Waals surface area contributed by atoms with Gasteiger partial charge in [-0.05, 0) is 0 Å². The summed E-state index contributed by atoms with van der Waals surface area (Å²) in [6.45, 7) is 0. The predicted octanol–water partition coefficient (Wildman–Crippen LogP) is 0.119. The Morgan fingerprint density at radius 3 is 2.75 bits per heavy atom. The number of hydrogen-bond donors (Lipinski definition) is 0. The molecule has 0 heterocycles. The molecule has 0 aromatic rings. The zero-order valence-electron chi connectivity index (χ0n) is 4.15. The fraction of sp³-hybridized carbons (Fsp3) is 0. The summed E-state index contributed by atoms with van der Waals surface area (Å²) in [5.74, 6) is 0. The first-order valence-electron chi connectivity index (χ1n) is 1.99. The standard InChI is InChI=1S/C5H5NO.W/c1-2-3-6-4-5-7;/h1-5H;. The average molecular weight is 279 g/mol. The Bertz CT molecular complexity index is 112. The van der Waals surface area contributed by atoms with Crippen LogP contribution in [0.2, 0.25) is 0 Å². The van der Waals surface area contributed by atoms with E-state index < -0.39 is 0 Å². The SMILES string of the molecule is O=CC=NC=C[CH]=[W]. The summed E-state index contributed by atoms with van der Waals surface area (Å²) in [4.78, 5) is 13.2. The fourth-order valence-electron chi connectivity index (χ4n) is 0.170. The van der Waals surface area contributed by atoms with Gasteiger partial charge in [-0.3, -0.25) is 0 Å². The van der Waals surface area contributed by atoms with Crippen LogP contribution in [0.4, 0.5) is 0 Å². The Kier molecular flexibility index (Phi) is 6.34. The second-order valence-corrected chi connectivity index (χ2v) is 1.89. The number of aldehydes is 1. The van der Waals surface area contributed by atoms with Crippen molar-refractivity contribution in [2.75, 3.05) is 0 Å². The molecule has 0 aromatic carbocycles. The summed E-state index contributed by atoms with van der Waals surface area (Å²) in [6.07, 6.45) is 5.21. The molecule has 3 heteroatoms. The molecule has 0 spiro atoms. The van der Waals surface area contributed by atoms with Crippen LogP contribution in [-0.2, 0) is 24.1 Å². The van der Waals surface area contributed by atoms with Crippen molar-refractivity contribution in [1.82, 2.24) is 0 Å². The summed E-state index contributed by atoms with van der Waals surface area (Å²) < 4.78 is 1.92. The molecule has 0 saturated carbocycles. The molecule has 0 aromatic heterocycles. The minimum atomic E-state index is 0.646. The summed E-state index contributed by atoms with van der Waals surface area (Å²) in [7, 11) is 0. The molecule has 0 N–H and O–H groups in total. The van der Waals surface area contributed by atoms with Gasteiger partial charge < -0.3 is 0 Å². The van der Waals surface area contributed by atoms with Crippen molar-refractivity contribution >= 4 is 16.9 Å². The van der Waals surface area contributed by atoms with Crippen molar-refractivity contribution in [3.8, 4) is 0 Å². The molecule has 0 aliphatic heterocycles. The van der Waals surface area contributed by atoms with Crippen LogP contribution in [0.3, 0.4) is 0 Å². The van der Waals surface area contributed by atoms with E-state index in [2.05, 4.69) is 4.99 Å². The van der Waals surface area contributed by atoms with Gasteiger partial charge in [0.15, 0.2) is 0 Å². The molecule has 0 rings (SSSR count). The number of carbonyl (C=O) groups excluding carboxylic acids is 1. The van der Waals surface area contributed by atoms with Crippen molar-refractivity contribution in [1.29, 1.82) is 0 Å². The maximum absolute atomic E-state index is 9.58. The van der Waals surface area contributed by atoms with Crippen LogP contribution in [0.15, 0.2) is 17.3 Å². The summed E-state index contributed by atoms with van der Waals surface area (Å²) >= 11 is 1.37. The monoisotopic (exact) mass is 279 g/mol. The number of rotatable bonds is 3. The maximum atomic E-state index is 9.58. The Hall–Kier alpha value is -0.362. The molecule has 0 unspecified atom stereocenters. The van der Waals surface area contributed by atoms with Crippen LogP contribution < -0.4 is 0 Å². The van der Waals surface area contributed by atoms with Gasteiger partial charge in [0.2, 0.25) is 0 Å². The molecule has 0 aliphatic carbocycles. The molecule has 0 radical (unpaired) electrons. The van der Waals surface area contributed by atoms with Gasteiger partial charge in [0.1, 0.15) is 0 Å². The molecule has 8 heavy (non-hydrogen) atoms. The first kappa shape index (κ1) is 7.64. The third kappa shape index (κ3) is 5.64. The van der Waals surface area contributed by atoms with Crippen LogP contribution in [0.25, 0.3) is 0 Å². The molecule has 42 valence electrons. The van der Waals surface area contributed by atoms with Crippen molar-refractivity contribution in [2.24, 2.45) is 4.99 Å². The van der Waals surface area contributed by atoms with E-state index in [0.717, 1.165) is 0 Å². The first-order valence-corrected chi connectivity index (χ1v) is 3.68. The molecule has 0 saturated heterocycles. The van der Waals surface area contributed by atoms with Crippen LogP contribution in [0.5, 0.6) is 0 Å². The molecule has 0 atom stereocenters. The Labute approximate surface area is 58.7 Å². The van der Waals surface area contributed by atoms with E-state index in [9.17, 15) is 4.79 Å². The van der Waals surface area contributed by atoms with Crippen molar-refractivity contribution in [3.05, 3.63) is 12.3 Å². The number of allylic oxidation sites excluding steroid dienone is 1. The van der Waals surface area contributed by atoms with E-state index in [1.54, 1.807) is 12.3 Å². The van der Waals surface area contributed by atoms with E-state index in [1.807, 2.05) is 4.40 Å². The topological polar surface area (TPSA) is 29.4 Å². The molecular formula is C5H5NOW. The second kappa shape index (κ2) is 6.64. The van der Waals surface area contributed by atoms with Gasteiger partial charge in [-0.2, -0.15) is 0 Å². The van der Waals surface area contributed by atoms with Crippen molar-refractivity contribution < 1.29 is 24.1 Å². The van der Waals surface area contributed by atoms with Gasteiger partial charge in [0.25, 0.3) is 0 Å². The Balaban J connectivity index is 3.41. The molecule has 2 nitrogen and oxygen atoms in total. The summed E-state index contributed by atoms with van der Waals surface area (Å²) in [5.41, 5.74) is 0. The van der Waals surface area contributed by atoms with Gasteiger partial charge in [-0.15, -0.1) is 0 Å². The quantitative estimate of drug-likeness (QED) is 0.533. The molecule has 0 bridgehead atoms. The number of nitrogens with zero attached hydrogens (tertiary/aromatic N) is 1. The van der Waals surface area contributed by atoms with E-state index in [1.165, 1.54) is 25.6 Å². The van der Waals surface area contributed by atoms with Gasteiger partial charge in [-0.25, -0.2) is 0 Å². The first-order chi connectivity index (χ1) is 3.91. The Morgan fingerprint density at radius 1 is 1.50 bits per heavy atom. The molecular weight excluding hydrogens is 274 g/mol. The van der Waals surface area contributed by atoms with Crippen molar-refractivity contribution in [3.63, 3.8) is 0 Å². The van der Waals surface area contributed by atoms with Gasteiger partial charge in [0.05, 0.1) is 0 Å². The third-order valence-corrected chi connectivity index (χ3v) is 0.962. The third-order valence-electron chi connectivity index (χ3n) is 0.398.